The number of nitrogens with one attached hydrogen (secondary N) is 1. The number of hydrogen-bond acceptors (Lipinski definition) is 4. The Kier molecular flexibility index (Phi) is 3.94. The molecule has 4 nitrogen and oxygen atoms in total. The van der Waals surface area contributed by atoms with Crippen molar-refractivity contribution in [3.8, 4) is 11.5 Å². The quantitative estimate of drug-likeness (QED) is 0.746. The molecule has 15 heavy (non-hydrogen) atoms. The van der Waals surface area contributed by atoms with Gasteiger partial charge in [-0.1, -0.05) is 0 Å². The summed E-state index contributed by atoms with van der Waals surface area (Å²) in [6.07, 6.45) is 0. The van der Waals surface area contributed by atoms with Crippen LogP contribution in [-0.2, 0) is 6.54 Å². The average Bonchev–Trinajstić information content (AvgIpc) is 2.23. The van der Waals surface area contributed by atoms with Gasteiger partial charge < -0.3 is 14.7 Å². The van der Waals surface area contributed by atoms with Crippen LogP contribution < -0.4 is 15.0 Å². The zero-order chi connectivity index (χ0) is 11.4. The highest BCUT2D eigenvalue weighted by Gasteiger charge is 2.13. The third-order valence-electron chi connectivity index (χ3n) is 2.52. The maximum Gasteiger partial charge on any atom is 0.163 e. The molecule has 0 spiro atoms. The molecule has 0 saturated carbocycles. The van der Waals surface area contributed by atoms with Crippen molar-refractivity contribution >= 4 is 0 Å². The lowest BCUT2D eigenvalue weighted by molar-refractivity contribution is 0.160. The second-order valence-corrected chi connectivity index (χ2v) is 3.37. The smallest absolute Gasteiger partial charge is 0.163 e. The van der Waals surface area contributed by atoms with Gasteiger partial charge in [0.2, 0.25) is 0 Å². The van der Waals surface area contributed by atoms with Gasteiger partial charge in [-0.25, -0.2) is 5.48 Å². The van der Waals surface area contributed by atoms with Crippen molar-refractivity contribution in [1.29, 1.82) is 0 Å². The van der Waals surface area contributed by atoms with Crippen LogP contribution in [0.5, 0.6) is 11.5 Å². The van der Waals surface area contributed by atoms with Crippen molar-refractivity contribution < 1.29 is 14.7 Å². The lowest BCUT2D eigenvalue weighted by Crippen LogP contribution is -2.10. The van der Waals surface area contributed by atoms with Crippen LogP contribution in [-0.4, -0.2) is 19.4 Å². The Morgan fingerprint density at radius 2 is 1.93 bits per heavy atom. The monoisotopic (exact) mass is 211 g/mol. The maximum absolute atomic E-state index is 8.74. The normalized spacial score (nSPS) is 10.2. The Hall–Kier alpha value is -1.26. The molecule has 0 amide bonds. The van der Waals surface area contributed by atoms with E-state index in [9.17, 15) is 0 Å². The number of ether oxygens (including phenoxy) is 2. The minimum atomic E-state index is 0.401. The van der Waals surface area contributed by atoms with Crippen LogP contribution in [0.1, 0.15) is 16.7 Å². The minimum Gasteiger partial charge on any atom is -0.493 e. The van der Waals surface area contributed by atoms with E-state index in [-0.39, 0.29) is 0 Å². The fourth-order valence-electron chi connectivity index (χ4n) is 1.72. The van der Waals surface area contributed by atoms with E-state index in [2.05, 4.69) is 5.48 Å². The molecule has 1 aromatic carbocycles. The molecular weight excluding hydrogens is 194 g/mol. The van der Waals surface area contributed by atoms with Crippen LogP contribution in [0.15, 0.2) is 6.07 Å². The summed E-state index contributed by atoms with van der Waals surface area (Å²) in [5.74, 6) is 1.43. The Bertz CT molecular complexity index is 350. The molecule has 0 unspecified atom stereocenters. The van der Waals surface area contributed by atoms with Gasteiger partial charge in [0.1, 0.15) is 0 Å². The first-order valence-corrected chi connectivity index (χ1v) is 4.73. The highest BCUT2D eigenvalue weighted by Crippen LogP contribution is 2.34. The second kappa shape index (κ2) is 5.00. The summed E-state index contributed by atoms with van der Waals surface area (Å²) >= 11 is 0. The number of methoxy groups -OCH3 is 2. The standard InChI is InChI=1S/C11H17NO3/c1-7-5-10(14-3)11(15-4)8(2)9(7)6-12-13/h5,12-13H,6H2,1-4H3. The molecule has 0 saturated heterocycles. The summed E-state index contributed by atoms with van der Waals surface area (Å²) in [6.45, 7) is 4.32. The number of benzene rings is 1. The van der Waals surface area contributed by atoms with Crippen LogP contribution >= 0.6 is 0 Å². The molecule has 2 N–H and O–H groups in total. The maximum atomic E-state index is 8.74. The fraction of sp³-hybridized carbons (Fsp3) is 0.455. The van der Waals surface area contributed by atoms with Crippen LogP contribution in [0.3, 0.4) is 0 Å². The van der Waals surface area contributed by atoms with Gasteiger partial charge in [0, 0.05) is 6.54 Å². The molecule has 1 rings (SSSR count). The van der Waals surface area contributed by atoms with Gasteiger partial charge in [0.25, 0.3) is 0 Å². The van der Waals surface area contributed by atoms with Gasteiger partial charge in [-0.05, 0) is 36.6 Å². The van der Waals surface area contributed by atoms with Crippen molar-refractivity contribution in [1.82, 2.24) is 5.48 Å². The predicted molar refractivity (Wildman–Crippen MR) is 57.6 cm³/mol. The van der Waals surface area contributed by atoms with E-state index in [1.165, 1.54) is 0 Å². The third-order valence-corrected chi connectivity index (χ3v) is 2.52. The lowest BCUT2D eigenvalue weighted by Gasteiger charge is -2.16. The molecule has 84 valence electrons. The predicted octanol–water partition coefficient (Wildman–Crippen LogP) is 1.80. The van der Waals surface area contributed by atoms with Crippen LogP contribution in [0, 0.1) is 13.8 Å². The van der Waals surface area contributed by atoms with Crippen molar-refractivity contribution in [2.45, 2.75) is 20.4 Å². The fourth-order valence-corrected chi connectivity index (χ4v) is 1.72. The third kappa shape index (κ3) is 2.22. The number of rotatable bonds is 4. The van der Waals surface area contributed by atoms with Gasteiger partial charge in [0.05, 0.1) is 14.2 Å². The summed E-state index contributed by atoms with van der Waals surface area (Å²) in [5.41, 5.74) is 5.23. The summed E-state index contributed by atoms with van der Waals surface area (Å²) in [6, 6.07) is 1.90. The van der Waals surface area contributed by atoms with Crippen molar-refractivity contribution in [3.05, 3.63) is 22.8 Å². The van der Waals surface area contributed by atoms with Gasteiger partial charge in [0.15, 0.2) is 11.5 Å². The molecule has 4 heteroatoms. The van der Waals surface area contributed by atoms with Crippen molar-refractivity contribution in [2.24, 2.45) is 0 Å². The van der Waals surface area contributed by atoms with Crippen LogP contribution in [0.4, 0.5) is 0 Å². The Morgan fingerprint density at radius 3 is 2.40 bits per heavy atom. The summed E-state index contributed by atoms with van der Waals surface area (Å²) in [4.78, 5) is 0. The summed E-state index contributed by atoms with van der Waals surface area (Å²) in [7, 11) is 3.22. The topological polar surface area (TPSA) is 50.7 Å². The van der Waals surface area contributed by atoms with E-state index < -0.39 is 0 Å². The second-order valence-electron chi connectivity index (χ2n) is 3.37. The largest absolute Gasteiger partial charge is 0.493 e. The molecule has 0 aromatic heterocycles. The molecular formula is C11H17NO3. The van der Waals surface area contributed by atoms with Gasteiger partial charge in [-0.3, -0.25) is 0 Å². The molecule has 0 atom stereocenters. The number of hydroxylamine groups is 1. The highest BCUT2D eigenvalue weighted by atomic mass is 16.5. The van der Waals surface area contributed by atoms with Crippen LogP contribution in [0.25, 0.3) is 0 Å². The van der Waals surface area contributed by atoms with Crippen molar-refractivity contribution in [2.75, 3.05) is 14.2 Å². The van der Waals surface area contributed by atoms with Gasteiger partial charge in [-0.15, -0.1) is 0 Å². The van der Waals surface area contributed by atoms with E-state index in [1.807, 2.05) is 19.9 Å². The zero-order valence-electron chi connectivity index (χ0n) is 9.55. The first-order chi connectivity index (χ1) is 7.15. The molecule has 0 aliphatic rings. The van der Waals surface area contributed by atoms with E-state index >= 15 is 0 Å². The molecule has 0 heterocycles. The van der Waals surface area contributed by atoms with Crippen LogP contribution in [0.2, 0.25) is 0 Å². The van der Waals surface area contributed by atoms with Crippen molar-refractivity contribution in [3.63, 3.8) is 0 Å². The minimum absolute atomic E-state index is 0.401. The van der Waals surface area contributed by atoms with E-state index in [0.29, 0.717) is 18.0 Å². The summed E-state index contributed by atoms with van der Waals surface area (Å²) < 4.78 is 10.5. The molecule has 1 aromatic rings. The number of hydrogen-bond donors (Lipinski definition) is 2. The van der Waals surface area contributed by atoms with Gasteiger partial charge in [-0.2, -0.15) is 0 Å². The first kappa shape index (κ1) is 11.8. The number of aryl methyl sites for hydroxylation is 1. The lowest BCUT2D eigenvalue weighted by atomic mass is 10.0. The first-order valence-electron chi connectivity index (χ1n) is 4.73. The average molecular weight is 211 g/mol. The molecule has 0 aliphatic heterocycles. The Balaban J connectivity index is 3.31. The van der Waals surface area contributed by atoms with Gasteiger partial charge >= 0.3 is 0 Å². The molecule has 0 bridgehead atoms. The zero-order valence-corrected chi connectivity index (χ0v) is 9.55. The highest BCUT2D eigenvalue weighted by molar-refractivity contribution is 5.53. The molecule has 0 radical (unpaired) electrons. The van der Waals surface area contributed by atoms with E-state index in [4.69, 9.17) is 14.7 Å². The molecule has 0 aliphatic carbocycles. The Morgan fingerprint density at radius 1 is 1.27 bits per heavy atom. The molecule has 0 fully saturated rings. The Labute approximate surface area is 89.8 Å². The SMILES string of the molecule is COc1cc(C)c(CNO)c(C)c1OC. The van der Waals surface area contributed by atoms with E-state index in [1.54, 1.807) is 14.2 Å². The van der Waals surface area contributed by atoms with E-state index in [0.717, 1.165) is 16.7 Å². The summed E-state index contributed by atoms with van der Waals surface area (Å²) in [5, 5.41) is 8.74.